The molecule has 80 valence electrons. The molecule has 3 rings (SSSR count). The van der Waals surface area contributed by atoms with E-state index < -0.39 is 0 Å². The third-order valence-electron chi connectivity index (χ3n) is 4.11. The molecule has 0 aromatic rings. The first-order valence-electron chi connectivity index (χ1n) is 6.26. The number of hydrogen-bond acceptors (Lipinski definition) is 2. The van der Waals surface area contributed by atoms with E-state index in [1.54, 1.807) is 0 Å². The van der Waals surface area contributed by atoms with Crippen LogP contribution < -0.4 is 5.32 Å². The second-order valence-corrected chi connectivity index (χ2v) is 5.35. The van der Waals surface area contributed by atoms with Crippen molar-refractivity contribution in [2.24, 2.45) is 17.8 Å². The van der Waals surface area contributed by atoms with Gasteiger partial charge in [-0.25, -0.2) is 0 Å². The SMILES string of the molecule is C1CC2CNCC(C1)C2OCC1CC1. The van der Waals surface area contributed by atoms with Crippen LogP contribution in [-0.2, 0) is 4.74 Å². The number of piperidine rings is 1. The highest BCUT2D eigenvalue weighted by Crippen LogP contribution is 2.36. The molecule has 2 atom stereocenters. The Hall–Kier alpha value is -0.0800. The van der Waals surface area contributed by atoms with E-state index in [0.29, 0.717) is 6.10 Å². The first-order chi connectivity index (χ1) is 6.93. The van der Waals surface area contributed by atoms with Crippen LogP contribution in [-0.4, -0.2) is 25.8 Å². The third kappa shape index (κ3) is 1.82. The zero-order valence-electron chi connectivity index (χ0n) is 8.87. The van der Waals surface area contributed by atoms with Crippen LogP contribution in [0.1, 0.15) is 32.1 Å². The van der Waals surface area contributed by atoms with E-state index in [4.69, 9.17) is 4.74 Å². The Morgan fingerprint density at radius 1 is 1.00 bits per heavy atom. The highest BCUT2D eigenvalue weighted by Gasteiger charge is 2.37. The molecular formula is C12H21NO. The summed E-state index contributed by atoms with van der Waals surface area (Å²) in [5.41, 5.74) is 0. The summed E-state index contributed by atoms with van der Waals surface area (Å²) in [6.45, 7) is 3.45. The summed E-state index contributed by atoms with van der Waals surface area (Å²) in [5, 5.41) is 3.54. The Labute approximate surface area is 86.4 Å². The highest BCUT2D eigenvalue weighted by atomic mass is 16.5. The van der Waals surface area contributed by atoms with Crippen molar-refractivity contribution in [3.8, 4) is 0 Å². The van der Waals surface area contributed by atoms with Crippen molar-refractivity contribution in [3.05, 3.63) is 0 Å². The topological polar surface area (TPSA) is 21.3 Å². The van der Waals surface area contributed by atoms with Gasteiger partial charge in [0.15, 0.2) is 0 Å². The number of rotatable bonds is 3. The summed E-state index contributed by atoms with van der Waals surface area (Å²) in [5.74, 6) is 2.56. The third-order valence-corrected chi connectivity index (χ3v) is 4.11. The van der Waals surface area contributed by atoms with Crippen molar-refractivity contribution in [2.45, 2.75) is 38.2 Å². The Bertz CT molecular complexity index is 180. The van der Waals surface area contributed by atoms with Gasteiger partial charge >= 0.3 is 0 Å². The molecule has 0 radical (unpaired) electrons. The first-order valence-corrected chi connectivity index (χ1v) is 6.26. The van der Waals surface area contributed by atoms with E-state index in [9.17, 15) is 0 Å². The summed E-state index contributed by atoms with van der Waals surface area (Å²) in [4.78, 5) is 0. The molecule has 2 nitrogen and oxygen atoms in total. The molecule has 1 aliphatic heterocycles. The minimum absolute atomic E-state index is 0.602. The Balaban J connectivity index is 1.57. The lowest BCUT2D eigenvalue weighted by Crippen LogP contribution is -2.50. The molecule has 1 heterocycles. The van der Waals surface area contributed by atoms with E-state index in [1.807, 2.05) is 0 Å². The number of ether oxygens (including phenoxy) is 1. The molecule has 2 unspecified atom stereocenters. The van der Waals surface area contributed by atoms with Gasteiger partial charge in [0.2, 0.25) is 0 Å². The van der Waals surface area contributed by atoms with Crippen molar-refractivity contribution < 1.29 is 4.74 Å². The molecule has 0 aromatic heterocycles. The quantitative estimate of drug-likeness (QED) is 0.741. The van der Waals surface area contributed by atoms with E-state index in [-0.39, 0.29) is 0 Å². The molecule has 3 aliphatic rings. The van der Waals surface area contributed by atoms with Crippen LogP contribution in [0.5, 0.6) is 0 Å². The maximum atomic E-state index is 6.13. The minimum atomic E-state index is 0.602. The summed E-state index contributed by atoms with van der Waals surface area (Å²) < 4.78 is 6.13. The van der Waals surface area contributed by atoms with E-state index in [0.717, 1.165) is 24.4 Å². The number of fused-ring (bicyclic) bond motifs is 2. The van der Waals surface area contributed by atoms with Crippen molar-refractivity contribution in [3.63, 3.8) is 0 Å². The van der Waals surface area contributed by atoms with Gasteiger partial charge in [-0.3, -0.25) is 0 Å². The van der Waals surface area contributed by atoms with Crippen LogP contribution in [0.2, 0.25) is 0 Å². The van der Waals surface area contributed by atoms with Gasteiger partial charge < -0.3 is 10.1 Å². The Morgan fingerprint density at radius 3 is 2.36 bits per heavy atom. The molecule has 0 aromatic carbocycles. The normalized spacial score (nSPS) is 42.4. The molecular weight excluding hydrogens is 174 g/mol. The molecule has 1 saturated heterocycles. The molecule has 2 heteroatoms. The summed E-state index contributed by atoms with van der Waals surface area (Å²) in [6.07, 6.45) is 7.64. The fourth-order valence-electron chi connectivity index (χ4n) is 3.05. The lowest BCUT2D eigenvalue weighted by molar-refractivity contribution is -0.0659. The smallest absolute Gasteiger partial charge is 0.0655 e. The molecule has 2 aliphatic carbocycles. The van der Waals surface area contributed by atoms with E-state index in [1.165, 1.54) is 45.2 Å². The van der Waals surface area contributed by atoms with E-state index >= 15 is 0 Å². The monoisotopic (exact) mass is 195 g/mol. The fourth-order valence-corrected chi connectivity index (χ4v) is 3.05. The number of hydrogen-bond donors (Lipinski definition) is 1. The van der Waals surface area contributed by atoms with Gasteiger partial charge in [-0.15, -0.1) is 0 Å². The zero-order valence-corrected chi connectivity index (χ0v) is 8.87. The van der Waals surface area contributed by atoms with Gasteiger partial charge in [0.1, 0.15) is 0 Å². The van der Waals surface area contributed by atoms with Crippen LogP contribution in [0.25, 0.3) is 0 Å². The van der Waals surface area contributed by atoms with Gasteiger partial charge in [-0.2, -0.15) is 0 Å². The fraction of sp³-hybridized carbons (Fsp3) is 1.00. The maximum Gasteiger partial charge on any atom is 0.0655 e. The molecule has 0 spiro atoms. The molecule has 3 fully saturated rings. The lowest BCUT2D eigenvalue weighted by atomic mass is 9.76. The molecule has 1 N–H and O–H groups in total. The zero-order chi connectivity index (χ0) is 9.38. The second kappa shape index (κ2) is 3.82. The second-order valence-electron chi connectivity index (χ2n) is 5.35. The van der Waals surface area contributed by atoms with Gasteiger partial charge in [0, 0.05) is 19.7 Å². The van der Waals surface area contributed by atoms with Gasteiger partial charge in [-0.05, 0) is 43.4 Å². The standard InChI is InChI=1S/C12H21NO/c1-2-10-6-13-7-11(3-1)12(10)14-8-9-4-5-9/h9-13H,1-8H2. The predicted octanol–water partition coefficient (Wildman–Crippen LogP) is 1.80. The Kier molecular flexibility index (Phi) is 2.50. The highest BCUT2D eigenvalue weighted by molar-refractivity contribution is 4.90. The van der Waals surface area contributed by atoms with E-state index in [2.05, 4.69) is 5.32 Å². The molecule has 0 amide bonds. The number of nitrogens with one attached hydrogen (secondary N) is 1. The Morgan fingerprint density at radius 2 is 1.71 bits per heavy atom. The van der Waals surface area contributed by atoms with Crippen LogP contribution in [0.15, 0.2) is 0 Å². The predicted molar refractivity (Wildman–Crippen MR) is 56.2 cm³/mol. The summed E-state index contributed by atoms with van der Waals surface area (Å²) >= 11 is 0. The van der Waals surface area contributed by atoms with Crippen LogP contribution in [0, 0.1) is 17.8 Å². The van der Waals surface area contributed by atoms with Crippen molar-refractivity contribution >= 4 is 0 Å². The summed E-state index contributed by atoms with van der Waals surface area (Å²) in [7, 11) is 0. The van der Waals surface area contributed by atoms with Gasteiger partial charge in [-0.1, -0.05) is 6.42 Å². The molecule has 2 bridgehead atoms. The van der Waals surface area contributed by atoms with Crippen molar-refractivity contribution in [2.75, 3.05) is 19.7 Å². The van der Waals surface area contributed by atoms with Crippen molar-refractivity contribution in [1.82, 2.24) is 5.32 Å². The largest absolute Gasteiger partial charge is 0.377 e. The first kappa shape index (κ1) is 9.17. The summed E-state index contributed by atoms with van der Waals surface area (Å²) in [6, 6.07) is 0. The minimum Gasteiger partial charge on any atom is -0.377 e. The molecule has 2 saturated carbocycles. The average molecular weight is 195 g/mol. The van der Waals surface area contributed by atoms with Crippen LogP contribution in [0.4, 0.5) is 0 Å². The van der Waals surface area contributed by atoms with Gasteiger partial charge in [0.25, 0.3) is 0 Å². The molecule has 14 heavy (non-hydrogen) atoms. The van der Waals surface area contributed by atoms with Crippen LogP contribution >= 0.6 is 0 Å². The van der Waals surface area contributed by atoms with Crippen LogP contribution in [0.3, 0.4) is 0 Å². The lowest BCUT2D eigenvalue weighted by Gasteiger charge is -2.42. The maximum absolute atomic E-state index is 6.13. The van der Waals surface area contributed by atoms with Crippen molar-refractivity contribution in [1.29, 1.82) is 0 Å². The van der Waals surface area contributed by atoms with Gasteiger partial charge in [0.05, 0.1) is 6.10 Å². The average Bonchev–Trinajstić information content (AvgIpc) is 2.97.